The van der Waals surface area contributed by atoms with E-state index in [4.69, 9.17) is 16.3 Å². The summed E-state index contributed by atoms with van der Waals surface area (Å²) in [6.07, 6.45) is 0. The van der Waals surface area contributed by atoms with E-state index in [1.165, 1.54) is 12.1 Å². The lowest BCUT2D eigenvalue weighted by molar-refractivity contribution is 0.307. The van der Waals surface area contributed by atoms with Crippen LogP contribution in [0.15, 0.2) is 47.8 Å². The minimum atomic E-state index is -0.261. The van der Waals surface area contributed by atoms with Crippen molar-refractivity contribution in [2.24, 2.45) is 0 Å². The number of hydrogen-bond acceptors (Lipinski definition) is 2. The normalized spacial score (nSPS) is 10.8. The predicted molar refractivity (Wildman–Crippen MR) is 77.6 cm³/mol. The average Bonchev–Trinajstić information content (AvgIpc) is 2.80. The third-order valence-electron chi connectivity index (χ3n) is 2.83. The van der Waals surface area contributed by atoms with E-state index in [1.54, 1.807) is 23.5 Å². The van der Waals surface area contributed by atoms with Crippen LogP contribution in [-0.2, 0) is 6.61 Å². The molecule has 2 aromatic carbocycles. The highest BCUT2D eigenvalue weighted by Crippen LogP contribution is 2.29. The SMILES string of the molecule is Fc1ccc(OCc2csc3cc(Cl)ccc23)cc1. The van der Waals surface area contributed by atoms with Gasteiger partial charge >= 0.3 is 0 Å². The first kappa shape index (κ1) is 12.5. The van der Waals surface area contributed by atoms with Crippen LogP contribution in [0.25, 0.3) is 10.1 Å². The van der Waals surface area contributed by atoms with Crippen molar-refractivity contribution in [1.82, 2.24) is 0 Å². The van der Waals surface area contributed by atoms with Gasteiger partial charge in [0.15, 0.2) is 0 Å². The molecule has 0 atom stereocenters. The molecular weight excluding hydrogens is 283 g/mol. The topological polar surface area (TPSA) is 9.23 Å². The van der Waals surface area contributed by atoms with E-state index in [9.17, 15) is 4.39 Å². The number of fused-ring (bicyclic) bond motifs is 1. The average molecular weight is 293 g/mol. The fourth-order valence-corrected chi connectivity index (χ4v) is 3.08. The monoisotopic (exact) mass is 292 g/mol. The fourth-order valence-electron chi connectivity index (χ4n) is 1.86. The first-order chi connectivity index (χ1) is 9.22. The van der Waals surface area contributed by atoms with Gasteiger partial charge in [0.05, 0.1) is 0 Å². The van der Waals surface area contributed by atoms with Crippen LogP contribution < -0.4 is 4.74 Å². The highest BCUT2D eigenvalue weighted by Gasteiger charge is 2.05. The number of rotatable bonds is 3. The predicted octanol–water partition coefficient (Wildman–Crippen LogP) is 5.27. The highest BCUT2D eigenvalue weighted by atomic mass is 35.5. The molecule has 0 aliphatic heterocycles. The molecule has 0 radical (unpaired) electrons. The fraction of sp³-hybridized carbons (Fsp3) is 0.0667. The van der Waals surface area contributed by atoms with Crippen molar-refractivity contribution < 1.29 is 9.13 Å². The Morgan fingerprint density at radius 1 is 1.11 bits per heavy atom. The van der Waals surface area contributed by atoms with Crippen LogP contribution in [0, 0.1) is 5.82 Å². The number of ether oxygens (including phenoxy) is 1. The molecule has 1 heterocycles. The van der Waals surface area contributed by atoms with Gasteiger partial charge in [-0.2, -0.15) is 0 Å². The molecule has 0 saturated carbocycles. The maximum absolute atomic E-state index is 12.8. The number of benzene rings is 2. The van der Waals surface area contributed by atoms with E-state index in [0.717, 1.165) is 20.7 Å². The molecule has 0 saturated heterocycles. The van der Waals surface area contributed by atoms with Crippen LogP contribution in [0.5, 0.6) is 5.75 Å². The molecule has 3 rings (SSSR count). The first-order valence-corrected chi connectivity index (χ1v) is 7.02. The van der Waals surface area contributed by atoms with Gasteiger partial charge in [0, 0.05) is 15.3 Å². The van der Waals surface area contributed by atoms with E-state index < -0.39 is 0 Å². The second-order valence-corrected chi connectivity index (χ2v) is 5.49. The van der Waals surface area contributed by atoms with Gasteiger partial charge < -0.3 is 4.74 Å². The zero-order valence-electron chi connectivity index (χ0n) is 9.90. The molecule has 0 aliphatic rings. The lowest BCUT2D eigenvalue weighted by atomic mass is 10.2. The molecule has 19 heavy (non-hydrogen) atoms. The van der Waals surface area contributed by atoms with Crippen LogP contribution in [0.4, 0.5) is 4.39 Å². The molecule has 3 aromatic rings. The lowest BCUT2D eigenvalue weighted by Crippen LogP contribution is -1.94. The quantitative estimate of drug-likeness (QED) is 0.639. The van der Waals surface area contributed by atoms with Gasteiger partial charge in [0.25, 0.3) is 0 Å². The van der Waals surface area contributed by atoms with Gasteiger partial charge in [0.2, 0.25) is 0 Å². The van der Waals surface area contributed by atoms with Crippen LogP contribution in [0.1, 0.15) is 5.56 Å². The van der Waals surface area contributed by atoms with Crippen molar-refractivity contribution >= 4 is 33.0 Å². The lowest BCUT2D eigenvalue weighted by Gasteiger charge is -2.05. The van der Waals surface area contributed by atoms with Gasteiger partial charge in [0.1, 0.15) is 18.2 Å². The standard InChI is InChI=1S/C15H10ClFOS/c16-11-1-6-14-10(9-19-15(14)7-11)8-18-13-4-2-12(17)3-5-13/h1-7,9H,8H2. The molecule has 0 spiro atoms. The molecule has 0 amide bonds. The van der Waals surface area contributed by atoms with Crippen molar-refractivity contribution in [3.05, 3.63) is 64.2 Å². The number of thiophene rings is 1. The van der Waals surface area contributed by atoms with E-state index >= 15 is 0 Å². The Kier molecular flexibility index (Phi) is 3.40. The minimum Gasteiger partial charge on any atom is -0.489 e. The molecular formula is C15H10ClFOS. The van der Waals surface area contributed by atoms with E-state index in [2.05, 4.69) is 5.38 Å². The zero-order chi connectivity index (χ0) is 13.2. The largest absolute Gasteiger partial charge is 0.489 e. The van der Waals surface area contributed by atoms with Gasteiger partial charge in [-0.1, -0.05) is 17.7 Å². The van der Waals surface area contributed by atoms with Crippen LogP contribution in [0.3, 0.4) is 0 Å². The second-order valence-electron chi connectivity index (χ2n) is 4.14. The molecule has 0 unspecified atom stereocenters. The summed E-state index contributed by atoms with van der Waals surface area (Å²) < 4.78 is 19.6. The van der Waals surface area contributed by atoms with Crippen LogP contribution >= 0.6 is 22.9 Å². The molecule has 0 aliphatic carbocycles. The zero-order valence-corrected chi connectivity index (χ0v) is 11.5. The summed E-state index contributed by atoms with van der Waals surface area (Å²) in [5.74, 6) is 0.401. The van der Waals surface area contributed by atoms with Crippen LogP contribution in [-0.4, -0.2) is 0 Å². The van der Waals surface area contributed by atoms with Crippen molar-refractivity contribution in [2.45, 2.75) is 6.61 Å². The highest BCUT2D eigenvalue weighted by molar-refractivity contribution is 7.17. The second kappa shape index (κ2) is 5.19. The van der Waals surface area contributed by atoms with Gasteiger partial charge in [-0.05, 0) is 47.2 Å². The van der Waals surface area contributed by atoms with E-state index in [-0.39, 0.29) is 5.82 Å². The summed E-state index contributed by atoms with van der Waals surface area (Å²) in [5, 5.41) is 3.95. The summed E-state index contributed by atoms with van der Waals surface area (Å²) in [5.41, 5.74) is 1.11. The minimum absolute atomic E-state index is 0.261. The molecule has 1 aromatic heterocycles. The number of halogens is 2. The Bertz CT molecular complexity index is 706. The Morgan fingerprint density at radius 2 is 1.89 bits per heavy atom. The summed E-state index contributed by atoms with van der Waals surface area (Å²) in [6.45, 7) is 0.466. The Labute approximate surface area is 119 Å². The number of hydrogen-bond donors (Lipinski definition) is 0. The Balaban J connectivity index is 1.80. The van der Waals surface area contributed by atoms with Crippen LogP contribution in [0.2, 0.25) is 5.02 Å². The smallest absolute Gasteiger partial charge is 0.123 e. The van der Waals surface area contributed by atoms with Gasteiger partial charge in [-0.15, -0.1) is 11.3 Å². The van der Waals surface area contributed by atoms with E-state index in [1.807, 2.05) is 18.2 Å². The van der Waals surface area contributed by atoms with E-state index in [0.29, 0.717) is 12.4 Å². The Hall–Kier alpha value is -1.58. The summed E-state index contributed by atoms with van der Waals surface area (Å²) in [4.78, 5) is 0. The summed E-state index contributed by atoms with van der Waals surface area (Å²) in [7, 11) is 0. The van der Waals surface area contributed by atoms with Crippen molar-refractivity contribution in [3.8, 4) is 5.75 Å². The Morgan fingerprint density at radius 3 is 2.68 bits per heavy atom. The summed E-state index contributed by atoms with van der Waals surface area (Å²) >= 11 is 7.60. The molecule has 96 valence electrons. The van der Waals surface area contributed by atoms with Gasteiger partial charge in [-0.3, -0.25) is 0 Å². The van der Waals surface area contributed by atoms with Crippen molar-refractivity contribution in [2.75, 3.05) is 0 Å². The molecule has 4 heteroatoms. The molecule has 0 fully saturated rings. The molecule has 0 bridgehead atoms. The first-order valence-electron chi connectivity index (χ1n) is 5.76. The van der Waals surface area contributed by atoms with Gasteiger partial charge in [-0.25, -0.2) is 4.39 Å². The third-order valence-corrected chi connectivity index (χ3v) is 4.05. The third kappa shape index (κ3) is 2.72. The van der Waals surface area contributed by atoms with Crippen molar-refractivity contribution in [3.63, 3.8) is 0 Å². The molecule has 0 N–H and O–H groups in total. The maximum atomic E-state index is 12.8. The molecule has 1 nitrogen and oxygen atoms in total. The maximum Gasteiger partial charge on any atom is 0.123 e. The summed E-state index contributed by atoms with van der Waals surface area (Å²) in [6, 6.07) is 11.8. The van der Waals surface area contributed by atoms with Crippen molar-refractivity contribution in [1.29, 1.82) is 0 Å².